The summed E-state index contributed by atoms with van der Waals surface area (Å²) in [4.78, 5) is 18.0. The Morgan fingerprint density at radius 1 is 1.16 bits per heavy atom. The van der Waals surface area contributed by atoms with Crippen molar-refractivity contribution in [2.75, 3.05) is 0 Å². The Hall–Kier alpha value is -2.11. The van der Waals surface area contributed by atoms with Gasteiger partial charge in [0, 0.05) is 21.6 Å². The van der Waals surface area contributed by atoms with Gasteiger partial charge in [-0.05, 0) is 43.7 Å². The van der Waals surface area contributed by atoms with Gasteiger partial charge in [-0.2, -0.15) is 0 Å². The number of benzene rings is 2. The molecule has 0 aliphatic rings. The number of aryl methyl sites for hydroxylation is 1. The third-order valence-electron chi connectivity index (χ3n) is 3.82. The number of aromatic nitrogens is 1. The van der Waals surface area contributed by atoms with E-state index in [4.69, 9.17) is 0 Å². The molecule has 25 heavy (non-hydrogen) atoms. The highest BCUT2D eigenvalue weighted by atomic mass is 32.2. The fourth-order valence-corrected chi connectivity index (χ4v) is 3.95. The number of carbonyl (C=O) groups excluding carboxylic acids is 1. The van der Waals surface area contributed by atoms with Crippen LogP contribution in [0.15, 0.2) is 64.9 Å². The van der Waals surface area contributed by atoms with E-state index in [1.165, 1.54) is 0 Å². The van der Waals surface area contributed by atoms with Gasteiger partial charge in [0.25, 0.3) is 5.91 Å². The molecule has 2 aromatic carbocycles. The van der Waals surface area contributed by atoms with Crippen molar-refractivity contribution in [2.45, 2.75) is 30.5 Å². The Labute approximate surface area is 156 Å². The van der Waals surface area contributed by atoms with Crippen molar-refractivity contribution < 1.29 is 4.79 Å². The van der Waals surface area contributed by atoms with E-state index in [2.05, 4.69) is 15.7 Å². The Morgan fingerprint density at radius 2 is 1.88 bits per heavy atom. The lowest BCUT2D eigenvalue weighted by molar-refractivity contribution is 0.0940. The number of thiazole rings is 1. The van der Waals surface area contributed by atoms with Gasteiger partial charge in [-0.3, -0.25) is 4.79 Å². The quantitative estimate of drug-likeness (QED) is 0.605. The van der Waals surface area contributed by atoms with Crippen LogP contribution < -0.4 is 5.32 Å². The fraction of sp³-hybridized carbons (Fsp3) is 0.200. The maximum Gasteiger partial charge on any atom is 0.251 e. The van der Waals surface area contributed by atoms with E-state index >= 15 is 0 Å². The summed E-state index contributed by atoms with van der Waals surface area (Å²) in [5, 5.41) is 6.22. The van der Waals surface area contributed by atoms with E-state index in [0.717, 1.165) is 26.9 Å². The standard InChI is InChI=1S/C20H20N2OS2/c1-14(16-6-4-3-5-7-16)21-20(23)17-8-10-19(11-9-17)25-13-18-12-24-15(2)22-18/h3-12,14H,13H2,1-2H3,(H,21,23). The average Bonchev–Trinajstić information content (AvgIpc) is 3.06. The summed E-state index contributed by atoms with van der Waals surface area (Å²) in [6.45, 7) is 4.01. The highest BCUT2D eigenvalue weighted by molar-refractivity contribution is 7.98. The first-order valence-electron chi connectivity index (χ1n) is 8.11. The highest BCUT2D eigenvalue weighted by Crippen LogP contribution is 2.24. The molecule has 5 heteroatoms. The van der Waals surface area contributed by atoms with Gasteiger partial charge in [0.05, 0.1) is 16.7 Å². The zero-order valence-corrected chi connectivity index (χ0v) is 15.9. The monoisotopic (exact) mass is 368 g/mol. The van der Waals surface area contributed by atoms with Gasteiger partial charge in [0.2, 0.25) is 0 Å². The Balaban J connectivity index is 1.57. The normalized spacial score (nSPS) is 11.9. The van der Waals surface area contributed by atoms with Crippen LogP contribution in [-0.4, -0.2) is 10.9 Å². The van der Waals surface area contributed by atoms with Gasteiger partial charge in [0.1, 0.15) is 0 Å². The van der Waals surface area contributed by atoms with Crippen molar-refractivity contribution >= 4 is 29.0 Å². The molecular weight excluding hydrogens is 348 g/mol. The van der Waals surface area contributed by atoms with Gasteiger partial charge in [-0.1, -0.05) is 30.3 Å². The number of rotatable bonds is 6. The second-order valence-corrected chi connectivity index (χ2v) is 7.89. The highest BCUT2D eigenvalue weighted by Gasteiger charge is 2.11. The van der Waals surface area contributed by atoms with Gasteiger partial charge in [-0.25, -0.2) is 4.98 Å². The molecule has 0 aliphatic heterocycles. The molecule has 0 radical (unpaired) electrons. The average molecular weight is 369 g/mol. The lowest BCUT2D eigenvalue weighted by atomic mass is 10.1. The summed E-state index contributed by atoms with van der Waals surface area (Å²) in [5.41, 5.74) is 2.88. The Kier molecular flexibility index (Phi) is 5.89. The fourth-order valence-electron chi connectivity index (χ4n) is 2.44. The van der Waals surface area contributed by atoms with E-state index in [-0.39, 0.29) is 11.9 Å². The third kappa shape index (κ3) is 4.94. The summed E-state index contributed by atoms with van der Waals surface area (Å²) in [6, 6.07) is 17.7. The molecule has 3 rings (SSSR count). The van der Waals surface area contributed by atoms with Crippen LogP contribution >= 0.6 is 23.1 Å². The van der Waals surface area contributed by atoms with Gasteiger partial charge in [-0.15, -0.1) is 23.1 Å². The number of thioether (sulfide) groups is 1. The molecule has 0 saturated heterocycles. The van der Waals surface area contributed by atoms with Crippen molar-refractivity contribution in [3.63, 3.8) is 0 Å². The number of amides is 1. The first-order valence-corrected chi connectivity index (χ1v) is 9.98. The van der Waals surface area contributed by atoms with Gasteiger partial charge < -0.3 is 5.32 Å². The first kappa shape index (κ1) is 17.7. The molecule has 1 atom stereocenters. The molecule has 3 nitrogen and oxygen atoms in total. The van der Waals surface area contributed by atoms with Crippen LogP contribution in [0, 0.1) is 6.92 Å². The molecular formula is C20H20N2OS2. The molecule has 1 unspecified atom stereocenters. The van der Waals surface area contributed by atoms with Crippen LogP contribution in [0.4, 0.5) is 0 Å². The summed E-state index contributed by atoms with van der Waals surface area (Å²) < 4.78 is 0. The minimum atomic E-state index is -0.0528. The molecule has 1 aromatic heterocycles. The molecule has 3 aromatic rings. The molecule has 0 bridgehead atoms. The molecule has 0 fully saturated rings. The van der Waals surface area contributed by atoms with Crippen molar-refractivity contribution in [1.29, 1.82) is 0 Å². The minimum absolute atomic E-state index is 0.0179. The number of hydrogen-bond acceptors (Lipinski definition) is 4. The molecule has 0 aliphatic carbocycles. The van der Waals surface area contributed by atoms with E-state index in [1.54, 1.807) is 23.1 Å². The molecule has 0 spiro atoms. The zero-order chi connectivity index (χ0) is 17.6. The maximum atomic E-state index is 12.4. The topological polar surface area (TPSA) is 42.0 Å². The van der Waals surface area contributed by atoms with Crippen molar-refractivity contribution in [3.05, 3.63) is 81.8 Å². The number of nitrogens with one attached hydrogen (secondary N) is 1. The smallest absolute Gasteiger partial charge is 0.251 e. The van der Waals surface area contributed by atoms with Gasteiger partial charge in [0.15, 0.2) is 0 Å². The van der Waals surface area contributed by atoms with Crippen LogP contribution in [0.1, 0.15) is 39.6 Å². The summed E-state index contributed by atoms with van der Waals surface area (Å²) >= 11 is 3.40. The SMILES string of the molecule is Cc1nc(CSc2ccc(C(=O)NC(C)c3ccccc3)cc2)cs1. The van der Waals surface area contributed by atoms with Crippen LogP contribution in [0.25, 0.3) is 0 Å². The van der Waals surface area contributed by atoms with Crippen LogP contribution in [0.5, 0.6) is 0 Å². The second-order valence-electron chi connectivity index (χ2n) is 5.78. The zero-order valence-electron chi connectivity index (χ0n) is 14.2. The Morgan fingerprint density at radius 3 is 2.52 bits per heavy atom. The molecule has 0 saturated carbocycles. The van der Waals surface area contributed by atoms with Crippen LogP contribution in [0.3, 0.4) is 0 Å². The molecule has 1 N–H and O–H groups in total. The van der Waals surface area contributed by atoms with E-state index < -0.39 is 0 Å². The Bertz CT molecular complexity index is 828. The minimum Gasteiger partial charge on any atom is -0.346 e. The largest absolute Gasteiger partial charge is 0.346 e. The van der Waals surface area contributed by atoms with Crippen LogP contribution in [0.2, 0.25) is 0 Å². The van der Waals surface area contributed by atoms with Crippen molar-refractivity contribution in [3.8, 4) is 0 Å². The maximum absolute atomic E-state index is 12.4. The second kappa shape index (κ2) is 8.32. The predicted molar refractivity (Wildman–Crippen MR) is 105 cm³/mol. The van der Waals surface area contributed by atoms with Gasteiger partial charge >= 0.3 is 0 Å². The first-order chi connectivity index (χ1) is 12.1. The van der Waals surface area contributed by atoms with Crippen molar-refractivity contribution in [2.24, 2.45) is 0 Å². The third-order valence-corrected chi connectivity index (χ3v) is 5.68. The number of hydrogen-bond donors (Lipinski definition) is 1. The summed E-state index contributed by atoms with van der Waals surface area (Å²) in [6.07, 6.45) is 0. The van der Waals surface area contributed by atoms with Crippen LogP contribution in [-0.2, 0) is 5.75 Å². The summed E-state index contributed by atoms with van der Waals surface area (Å²) in [5.74, 6) is 0.795. The molecule has 128 valence electrons. The predicted octanol–water partition coefficient (Wildman–Crippen LogP) is 5.23. The summed E-state index contributed by atoms with van der Waals surface area (Å²) in [7, 11) is 0. The number of nitrogens with zero attached hydrogens (tertiary/aromatic N) is 1. The molecule has 1 amide bonds. The number of carbonyl (C=O) groups is 1. The van der Waals surface area contributed by atoms with E-state index in [9.17, 15) is 4.79 Å². The lowest BCUT2D eigenvalue weighted by Crippen LogP contribution is -2.26. The lowest BCUT2D eigenvalue weighted by Gasteiger charge is -2.14. The van der Waals surface area contributed by atoms with Crippen molar-refractivity contribution in [1.82, 2.24) is 10.3 Å². The van der Waals surface area contributed by atoms with E-state index in [0.29, 0.717) is 5.56 Å². The van der Waals surface area contributed by atoms with E-state index in [1.807, 2.05) is 68.4 Å². The molecule has 1 heterocycles.